The Morgan fingerprint density at radius 3 is 2.56 bits per heavy atom. The summed E-state index contributed by atoms with van der Waals surface area (Å²) in [5, 5.41) is 4.88. The lowest BCUT2D eigenvalue weighted by Gasteiger charge is -2.28. The third-order valence-electron chi connectivity index (χ3n) is 6.69. The van der Waals surface area contributed by atoms with Crippen LogP contribution in [0.5, 0.6) is 5.75 Å². The Kier molecular flexibility index (Phi) is 6.81. The SMILES string of the molecule is COc1ccc(Cl)cc1-n1c(C)cc([C@@H]2[C@@H](c3ccccn3)NC(=S)N2c2ccc(Br)c(C)c2)c1C. The third-order valence-corrected chi connectivity index (χ3v) is 8.13. The fourth-order valence-electron chi connectivity index (χ4n) is 5.02. The van der Waals surface area contributed by atoms with Crippen LogP contribution in [0.25, 0.3) is 5.69 Å². The molecule has 4 aromatic rings. The molecule has 184 valence electrons. The minimum absolute atomic E-state index is 0.113. The van der Waals surface area contributed by atoms with Crippen molar-refractivity contribution >= 4 is 50.5 Å². The number of hydrogen-bond acceptors (Lipinski definition) is 3. The molecule has 36 heavy (non-hydrogen) atoms. The van der Waals surface area contributed by atoms with Gasteiger partial charge in [-0.2, -0.15) is 0 Å². The summed E-state index contributed by atoms with van der Waals surface area (Å²) < 4.78 is 8.94. The number of nitrogens with one attached hydrogen (secondary N) is 1. The molecule has 0 unspecified atom stereocenters. The second-order valence-electron chi connectivity index (χ2n) is 8.91. The Balaban J connectivity index is 1.71. The van der Waals surface area contributed by atoms with Gasteiger partial charge in [-0.15, -0.1) is 0 Å². The first-order valence-electron chi connectivity index (χ1n) is 11.6. The second kappa shape index (κ2) is 9.88. The van der Waals surface area contributed by atoms with E-state index in [9.17, 15) is 0 Å². The lowest BCUT2D eigenvalue weighted by Crippen LogP contribution is -2.29. The molecule has 5 nitrogen and oxygen atoms in total. The van der Waals surface area contributed by atoms with E-state index in [1.165, 1.54) is 0 Å². The van der Waals surface area contributed by atoms with Crippen molar-refractivity contribution in [1.82, 2.24) is 14.9 Å². The number of rotatable bonds is 5. The maximum atomic E-state index is 6.40. The first-order valence-corrected chi connectivity index (χ1v) is 13.2. The van der Waals surface area contributed by atoms with E-state index in [2.05, 4.69) is 80.7 Å². The predicted molar refractivity (Wildman–Crippen MR) is 154 cm³/mol. The zero-order valence-corrected chi connectivity index (χ0v) is 23.6. The average molecular weight is 582 g/mol. The van der Waals surface area contributed by atoms with Gasteiger partial charge in [0.05, 0.1) is 30.6 Å². The van der Waals surface area contributed by atoms with Gasteiger partial charge >= 0.3 is 0 Å². The van der Waals surface area contributed by atoms with Crippen molar-refractivity contribution in [2.75, 3.05) is 12.0 Å². The molecule has 0 amide bonds. The van der Waals surface area contributed by atoms with Crippen LogP contribution < -0.4 is 15.0 Å². The van der Waals surface area contributed by atoms with E-state index in [4.69, 9.17) is 28.6 Å². The second-order valence-corrected chi connectivity index (χ2v) is 10.6. The molecule has 1 fully saturated rings. The van der Waals surface area contributed by atoms with Crippen LogP contribution in [0, 0.1) is 20.8 Å². The van der Waals surface area contributed by atoms with Crippen LogP contribution in [0.4, 0.5) is 5.69 Å². The first kappa shape index (κ1) is 24.8. The Morgan fingerprint density at radius 2 is 1.86 bits per heavy atom. The third kappa shape index (κ3) is 4.29. The van der Waals surface area contributed by atoms with E-state index in [0.717, 1.165) is 49.8 Å². The molecule has 1 aliphatic heterocycles. The fraction of sp³-hybridized carbons (Fsp3) is 0.214. The molecule has 2 aromatic carbocycles. The summed E-state index contributed by atoms with van der Waals surface area (Å²) in [6, 6.07) is 20.0. The standard InChI is InChI=1S/C28H26BrClN4OS/c1-16-13-20(9-10-22(16)29)34-27(26(32-28(34)36)23-7-5-6-12-31-23)21-14-17(2)33(18(21)3)24-15-19(30)8-11-25(24)35-4/h5-15,26-27H,1-4H3,(H,32,36)/t26-,27-/m1/s1. The molecule has 0 saturated carbocycles. The molecule has 0 radical (unpaired) electrons. The van der Waals surface area contributed by atoms with Crippen LogP contribution >= 0.6 is 39.7 Å². The lowest BCUT2D eigenvalue weighted by atomic mass is 9.96. The van der Waals surface area contributed by atoms with Crippen molar-refractivity contribution in [2.45, 2.75) is 32.9 Å². The Hall–Kier alpha value is -2.87. The summed E-state index contributed by atoms with van der Waals surface area (Å²) >= 11 is 15.9. The molecule has 3 heterocycles. The molecular formula is C28H26BrClN4OS. The molecule has 0 bridgehead atoms. The van der Waals surface area contributed by atoms with Crippen LogP contribution in [0.1, 0.15) is 40.3 Å². The van der Waals surface area contributed by atoms with Crippen LogP contribution in [0.2, 0.25) is 5.02 Å². The zero-order chi connectivity index (χ0) is 25.6. The number of thiocarbonyl (C=S) groups is 1. The Bertz CT molecular complexity index is 1460. The zero-order valence-electron chi connectivity index (χ0n) is 20.4. The van der Waals surface area contributed by atoms with Crippen molar-refractivity contribution in [3.63, 3.8) is 0 Å². The maximum absolute atomic E-state index is 6.40. The van der Waals surface area contributed by atoms with Crippen LogP contribution in [0.3, 0.4) is 0 Å². The highest BCUT2D eigenvalue weighted by atomic mass is 79.9. The molecule has 1 N–H and O–H groups in total. The number of benzene rings is 2. The number of hydrogen-bond donors (Lipinski definition) is 1. The van der Waals surface area contributed by atoms with Gasteiger partial charge < -0.3 is 19.5 Å². The Morgan fingerprint density at radius 1 is 1.06 bits per heavy atom. The number of halogens is 2. The van der Waals surface area contributed by atoms with Gasteiger partial charge in [0.25, 0.3) is 0 Å². The minimum Gasteiger partial charge on any atom is -0.495 e. The average Bonchev–Trinajstić information content (AvgIpc) is 3.36. The van der Waals surface area contributed by atoms with Crippen molar-refractivity contribution < 1.29 is 4.74 Å². The summed E-state index contributed by atoms with van der Waals surface area (Å²) in [4.78, 5) is 6.89. The molecule has 0 aliphatic carbocycles. The monoisotopic (exact) mass is 580 g/mol. The smallest absolute Gasteiger partial charge is 0.174 e. The van der Waals surface area contributed by atoms with Gasteiger partial charge in [-0.05, 0) is 98.7 Å². The lowest BCUT2D eigenvalue weighted by molar-refractivity contribution is 0.412. The van der Waals surface area contributed by atoms with Crippen LogP contribution in [-0.4, -0.2) is 21.8 Å². The normalized spacial score (nSPS) is 17.4. The maximum Gasteiger partial charge on any atom is 0.174 e. The van der Waals surface area contributed by atoms with E-state index >= 15 is 0 Å². The number of aromatic nitrogens is 2. The summed E-state index contributed by atoms with van der Waals surface area (Å²) in [5.74, 6) is 0.759. The van der Waals surface area contributed by atoms with Gasteiger partial charge in [0.2, 0.25) is 0 Å². The van der Waals surface area contributed by atoms with E-state index in [0.29, 0.717) is 10.1 Å². The van der Waals surface area contributed by atoms with E-state index in [1.807, 2.05) is 42.6 Å². The fourth-order valence-corrected chi connectivity index (χ4v) is 5.78. The molecule has 8 heteroatoms. The quantitative estimate of drug-likeness (QED) is 0.249. The van der Waals surface area contributed by atoms with Crippen molar-refractivity contribution in [2.24, 2.45) is 0 Å². The molecule has 5 rings (SSSR count). The molecule has 2 atom stereocenters. The van der Waals surface area contributed by atoms with Crippen molar-refractivity contribution in [3.8, 4) is 11.4 Å². The number of methoxy groups -OCH3 is 1. The summed E-state index contributed by atoms with van der Waals surface area (Å²) in [6.45, 7) is 6.31. The summed E-state index contributed by atoms with van der Waals surface area (Å²) in [6.07, 6.45) is 1.82. The summed E-state index contributed by atoms with van der Waals surface area (Å²) in [7, 11) is 1.68. The molecular weight excluding hydrogens is 556 g/mol. The van der Waals surface area contributed by atoms with Gasteiger partial charge in [-0.3, -0.25) is 4.98 Å². The van der Waals surface area contributed by atoms with Crippen LogP contribution in [0.15, 0.2) is 71.3 Å². The molecule has 0 spiro atoms. The number of anilines is 1. The minimum atomic E-state index is -0.127. The van der Waals surface area contributed by atoms with Gasteiger partial charge in [0.1, 0.15) is 5.75 Å². The van der Waals surface area contributed by atoms with E-state index in [1.54, 1.807) is 7.11 Å². The van der Waals surface area contributed by atoms with Gasteiger partial charge in [-0.25, -0.2) is 0 Å². The number of pyridine rings is 1. The Labute approximate surface area is 230 Å². The number of nitrogens with zero attached hydrogens (tertiary/aromatic N) is 3. The van der Waals surface area contributed by atoms with Gasteiger partial charge in [0, 0.05) is 32.8 Å². The summed E-state index contributed by atoms with van der Waals surface area (Å²) in [5.41, 5.74) is 7.33. The number of ether oxygens (including phenoxy) is 1. The predicted octanol–water partition coefficient (Wildman–Crippen LogP) is 7.40. The van der Waals surface area contributed by atoms with E-state index < -0.39 is 0 Å². The molecule has 2 aromatic heterocycles. The molecule has 1 saturated heterocycles. The largest absolute Gasteiger partial charge is 0.495 e. The highest BCUT2D eigenvalue weighted by Crippen LogP contribution is 2.44. The highest BCUT2D eigenvalue weighted by Gasteiger charge is 2.42. The first-order chi connectivity index (χ1) is 17.3. The topological polar surface area (TPSA) is 42.3 Å². The van der Waals surface area contributed by atoms with E-state index in [-0.39, 0.29) is 12.1 Å². The van der Waals surface area contributed by atoms with Crippen molar-refractivity contribution in [3.05, 3.63) is 105 Å². The van der Waals surface area contributed by atoms with Gasteiger partial charge in [0.15, 0.2) is 5.11 Å². The van der Waals surface area contributed by atoms with Crippen LogP contribution in [-0.2, 0) is 0 Å². The highest BCUT2D eigenvalue weighted by molar-refractivity contribution is 9.10. The van der Waals surface area contributed by atoms with Gasteiger partial charge in [-0.1, -0.05) is 33.6 Å². The molecule has 1 aliphatic rings. The van der Waals surface area contributed by atoms with Crippen molar-refractivity contribution in [1.29, 1.82) is 0 Å². The number of aryl methyl sites for hydroxylation is 2.